The zero-order valence-electron chi connectivity index (χ0n) is 10.4. The van der Waals surface area contributed by atoms with E-state index in [1.54, 1.807) is 0 Å². The molecule has 1 aromatic rings. The van der Waals surface area contributed by atoms with Crippen LogP contribution < -0.4 is 5.32 Å². The minimum absolute atomic E-state index is 0.423. The third kappa shape index (κ3) is 3.04. The smallest absolute Gasteiger partial charge is 0.0641 e. The number of aryl methyl sites for hydroxylation is 2. The lowest BCUT2D eigenvalue weighted by Crippen LogP contribution is -2.29. The number of nitrogens with zero attached hydrogens (tertiary/aromatic N) is 3. The summed E-state index contributed by atoms with van der Waals surface area (Å²) in [4.78, 5) is 2.33. The Hall–Kier alpha value is -0.870. The van der Waals surface area contributed by atoms with E-state index in [4.69, 9.17) is 0 Å². The molecule has 0 spiro atoms. The van der Waals surface area contributed by atoms with Gasteiger partial charge in [0.2, 0.25) is 0 Å². The Morgan fingerprint density at radius 1 is 1.60 bits per heavy atom. The summed E-state index contributed by atoms with van der Waals surface area (Å²) in [5, 5.41) is 7.53. The van der Waals surface area contributed by atoms with Crippen LogP contribution in [0, 0.1) is 6.92 Å². The van der Waals surface area contributed by atoms with Crippen molar-refractivity contribution in [2.24, 2.45) is 7.05 Å². The molecule has 15 heavy (non-hydrogen) atoms. The highest BCUT2D eigenvalue weighted by atomic mass is 15.3. The molecule has 1 aromatic heterocycles. The van der Waals surface area contributed by atoms with Crippen LogP contribution in [0.3, 0.4) is 0 Å². The van der Waals surface area contributed by atoms with Gasteiger partial charge in [-0.25, -0.2) is 0 Å². The van der Waals surface area contributed by atoms with Gasteiger partial charge in [0.25, 0.3) is 0 Å². The number of hydrogen-bond donors (Lipinski definition) is 1. The molecular weight excluding hydrogens is 188 g/mol. The lowest BCUT2D eigenvalue weighted by Gasteiger charge is -2.24. The molecule has 0 aliphatic heterocycles. The maximum Gasteiger partial charge on any atom is 0.0641 e. The molecule has 0 aromatic carbocycles. The van der Waals surface area contributed by atoms with Gasteiger partial charge in [0.1, 0.15) is 0 Å². The highest BCUT2D eigenvalue weighted by molar-refractivity contribution is 5.19. The Morgan fingerprint density at radius 3 is 2.73 bits per heavy atom. The zero-order valence-corrected chi connectivity index (χ0v) is 10.4. The summed E-state index contributed by atoms with van der Waals surface area (Å²) in [6.07, 6.45) is 2.11. The molecule has 1 heterocycles. The summed E-state index contributed by atoms with van der Waals surface area (Å²) in [5.74, 6) is 0. The minimum atomic E-state index is 0.423. The van der Waals surface area contributed by atoms with E-state index in [0.29, 0.717) is 6.04 Å². The SMILES string of the molecule is CNCCN(C)C(C)c1cn(C)nc1C. The first-order chi connectivity index (χ1) is 7.06. The maximum absolute atomic E-state index is 4.37. The fourth-order valence-electron chi connectivity index (χ4n) is 1.75. The first-order valence-corrected chi connectivity index (χ1v) is 5.41. The Labute approximate surface area is 92.3 Å². The normalized spacial score (nSPS) is 13.5. The van der Waals surface area contributed by atoms with Crippen LogP contribution in [-0.4, -0.2) is 41.9 Å². The number of likely N-dealkylation sites (N-methyl/N-ethyl adjacent to an activating group) is 2. The first kappa shape index (κ1) is 12.2. The van der Waals surface area contributed by atoms with Gasteiger partial charge in [-0.15, -0.1) is 0 Å². The van der Waals surface area contributed by atoms with Crippen LogP contribution in [0.1, 0.15) is 24.2 Å². The van der Waals surface area contributed by atoms with Crippen molar-refractivity contribution in [3.63, 3.8) is 0 Å². The van der Waals surface area contributed by atoms with Crippen LogP contribution in [0.15, 0.2) is 6.20 Å². The van der Waals surface area contributed by atoms with Crippen LogP contribution in [0.5, 0.6) is 0 Å². The predicted octanol–water partition coefficient (Wildman–Crippen LogP) is 0.941. The third-order valence-electron chi connectivity index (χ3n) is 2.88. The molecule has 86 valence electrons. The van der Waals surface area contributed by atoms with Crippen LogP contribution in [0.25, 0.3) is 0 Å². The molecule has 0 saturated carbocycles. The number of nitrogens with one attached hydrogen (secondary N) is 1. The van der Waals surface area contributed by atoms with E-state index in [2.05, 4.69) is 42.4 Å². The van der Waals surface area contributed by atoms with Crippen LogP contribution in [0.4, 0.5) is 0 Å². The lowest BCUT2D eigenvalue weighted by molar-refractivity contribution is 0.262. The Kier molecular flexibility index (Phi) is 4.29. The van der Waals surface area contributed by atoms with Crippen molar-refractivity contribution in [1.82, 2.24) is 20.0 Å². The fraction of sp³-hybridized carbons (Fsp3) is 0.727. The number of aromatic nitrogens is 2. The van der Waals surface area contributed by atoms with Gasteiger partial charge in [0.15, 0.2) is 0 Å². The van der Waals surface area contributed by atoms with Crippen molar-refractivity contribution < 1.29 is 0 Å². The first-order valence-electron chi connectivity index (χ1n) is 5.41. The molecule has 1 N–H and O–H groups in total. The van der Waals surface area contributed by atoms with Gasteiger partial charge in [-0.2, -0.15) is 5.10 Å². The summed E-state index contributed by atoms with van der Waals surface area (Å²) in [6, 6.07) is 0.423. The van der Waals surface area contributed by atoms with Crippen molar-refractivity contribution in [1.29, 1.82) is 0 Å². The predicted molar refractivity (Wildman–Crippen MR) is 62.9 cm³/mol. The average Bonchev–Trinajstić information content (AvgIpc) is 2.53. The summed E-state index contributed by atoms with van der Waals surface area (Å²) in [7, 11) is 6.10. The fourth-order valence-corrected chi connectivity index (χ4v) is 1.75. The van der Waals surface area contributed by atoms with E-state index in [0.717, 1.165) is 18.8 Å². The molecule has 0 amide bonds. The molecule has 4 nitrogen and oxygen atoms in total. The van der Waals surface area contributed by atoms with E-state index in [1.165, 1.54) is 5.56 Å². The molecule has 1 unspecified atom stereocenters. The second-order valence-electron chi connectivity index (χ2n) is 4.10. The topological polar surface area (TPSA) is 33.1 Å². The summed E-state index contributed by atoms with van der Waals surface area (Å²) < 4.78 is 1.88. The van der Waals surface area contributed by atoms with Crippen LogP contribution in [-0.2, 0) is 7.05 Å². The van der Waals surface area contributed by atoms with Crippen molar-refractivity contribution in [2.45, 2.75) is 19.9 Å². The van der Waals surface area contributed by atoms with Gasteiger partial charge in [0, 0.05) is 37.9 Å². The molecule has 4 heteroatoms. The Bertz CT molecular complexity index is 306. The van der Waals surface area contributed by atoms with Crippen molar-refractivity contribution >= 4 is 0 Å². The van der Waals surface area contributed by atoms with Gasteiger partial charge in [-0.3, -0.25) is 9.58 Å². The molecule has 1 rings (SSSR count). The summed E-state index contributed by atoms with van der Waals surface area (Å²) in [6.45, 7) is 6.35. The van der Waals surface area contributed by atoms with Gasteiger partial charge in [0.05, 0.1) is 5.69 Å². The van der Waals surface area contributed by atoms with E-state index in [9.17, 15) is 0 Å². The Balaban J connectivity index is 2.66. The average molecular weight is 210 g/mol. The lowest BCUT2D eigenvalue weighted by atomic mass is 10.1. The zero-order chi connectivity index (χ0) is 11.4. The van der Waals surface area contributed by atoms with E-state index < -0.39 is 0 Å². The highest BCUT2D eigenvalue weighted by Crippen LogP contribution is 2.20. The van der Waals surface area contributed by atoms with Crippen LogP contribution in [0.2, 0.25) is 0 Å². The minimum Gasteiger partial charge on any atom is -0.318 e. The van der Waals surface area contributed by atoms with Crippen LogP contribution >= 0.6 is 0 Å². The van der Waals surface area contributed by atoms with Gasteiger partial charge >= 0.3 is 0 Å². The molecule has 1 atom stereocenters. The van der Waals surface area contributed by atoms with Crippen molar-refractivity contribution in [3.8, 4) is 0 Å². The molecular formula is C11H22N4. The monoisotopic (exact) mass is 210 g/mol. The molecule has 0 saturated heterocycles. The third-order valence-corrected chi connectivity index (χ3v) is 2.88. The summed E-state index contributed by atoms with van der Waals surface area (Å²) >= 11 is 0. The second kappa shape index (κ2) is 5.28. The highest BCUT2D eigenvalue weighted by Gasteiger charge is 2.15. The maximum atomic E-state index is 4.37. The van der Waals surface area contributed by atoms with E-state index in [-0.39, 0.29) is 0 Å². The standard InChI is InChI=1S/C11H22N4/c1-9-11(8-15(5)13-9)10(2)14(4)7-6-12-3/h8,10,12H,6-7H2,1-5H3. The molecule has 0 aliphatic carbocycles. The largest absolute Gasteiger partial charge is 0.318 e. The molecule has 0 radical (unpaired) electrons. The van der Waals surface area contributed by atoms with Gasteiger partial charge in [-0.1, -0.05) is 0 Å². The van der Waals surface area contributed by atoms with Crippen molar-refractivity contribution in [2.75, 3.05) is 27.2 Å². The van der Waals surface area contributed by atoms with E-state index in [1.807, 2.05) is 18.8 Å². The van der Waals surface area contributed by atoms with Crippen molar-refractivity contribution in [3.05, 3.63) is 17.5 Å². The molecule has 0 bridgehead atoms. The number of rotatable bonds is 5. The Morgan fingerprint density at radius 2 is 2.27 bits per heavy atom. The van der Waals surface area contributed by atoms with Gasteiger partial charge < -0.3 is 5.32 Å². The molecule has 0 aliphatic rings. The summed E-state index contributed by atoms with van der Waals surface area (Å²) in [5.41, 5.74) is 2.44. The second-order valence-corrected chi connectivity index (χ2v) is 4.10. The van der Waals surface area contributed by atoms with E-state index >= 15 is 0 Å². The quantitative estimate of drug-likeness (QED) is 0.785. The number of hydrogen-bond acceptors (Lipinski definition) is 3. The van der Waals surface area contributed by atoms with Gasteiger partial charge in [-0.05, 0) is 27.9 Å². The molecule has 0 fully saturated rings.